The molecule has 4 N–H and O–H groups in total. The van der Waals surface area contributed by atoms with Crippen molar-refractivity contribution in [3.8, 4) is 33.3 Å². The third kappa shape index (κ3) is 13.1. The van der Waals surface area contributed by atoms with Gasteiger partial charge >= 0.3 is 6.01 Å². The molecule has 0 saturated carbocycles. The van der Waals surface area contributed by atoms with Crippen LogP contribution in [0.1, 0.15) is 70.7 Å². The minimum Gasteiger partial charge on any atom is -0.508 e. The number of nitrogens with zero attached hydrogens (tertiary/aromatic N) is 7. The highest BCUT2D eigenvalue weighted by Crippen LogP contribution is 2.43. The Morgan fingerprint density at radius 2 is 1.70 bits per heavy atom. The maximum absolute atomic E-state index is 17.1. The van der Waals surface area contributed by atoms with Crippen LogP contribution in [0.4, 0.5) is 10.2 Å². The number of anilines is 1. The molecule has 5 heterocycles. The van der Waals surface area contributed by atoms with Gasteiger partial charge < -0.3 is 45.0 Å². The molecule has 3 aliphatic rings. The molecule has 3 aliphatic heterocycles. The number of phenols is 1. The van der Waals surface area contributed by atoms with Gasteiger partial charge in [0.1, 0.15) is 42.4 Å². The molecule has 3 saturated heterocycles. The normalized spacial score (nSPS) is 18.2. The summed E-state index contributed by atoms with van der Waals surface area (Å²) in [6.07, 6.45) is 3.03. The summed E-state index contributed by atoms with van der Waals surface area (Å²) in [6, 6.07) is 17.8. The Bertz CT molecular complexity index is 3210. The minimum atomic E-state index is -0.978. The molecule has 0 radical (unpaired) electrons. The van der Waals surface area contributed by atoms with Crippen LogP contribution in [0.3, 0.4) is 0 Å². The van der Waals surface area contributed by atoms with Crippen LogP contribution in [0.5, 0.6) is 11.8 Å². The van der Waals surface area contributed by atoms with Crippen molar-refractivity contribution in [2.24, 2.45) is 11.3 Å². The van der Waals surface area contributed by atoms with Gasteiger partial charge in [0.05, 0.1) is 33.3 Å². The lowest BCUT2D eigenvalue weighted by Crippen LogP contribution is -2.58. The standard InChI is InChI=1S/C59H69ClFN9O8S/c1-7-49(74)68-21-23-69(24-22-68)55-45-31-46(60)50(44-29-41(71)28-40-10-8-9-11-43(40)44)51(61)52(45)65-58(66-55)78-27-25-67-19-16-37(17-20-67)18-26-77-33-48(73)64-54(59(4,5)6)57(76)70-32-42(72)30-47(70)56(75)63-35(2)38-12-14-39(15-13-38)53-36(3)62-34-79-53/h7-15,28-29,31,34-35,37,42,47,54,71-72H,1,16-27,30,32-33H2,2-6H3,(H,63,75)(H,64,73)/t35-,42+,47-,54+/m0/s1. The zero-order valence-corrected chi connectivity index (χ0v) is 46.9. The SMILES string of the molecule is C=CC(=O)N1CCN(c2nc(OCCN3CCC(CCOCC(=O)N[C@H](C(=O)N4C[C@H](O)C[C@H]4C(=O)N[C@@H](C)c4ccc(-c5scnc5C)cc4)C(C)(C)C)CC3)nc3c(F)c(-c4cc(O)cc5ccccc45)c(Cl)cc23)CC1. The van der Waals surface area contributed by atoms with E-state index in [1.807, 2.05) is 93.6 Å². The third-order valence-electron chi connectivity index (χ3n) is 15.3. The first-order chi connectivity index (χ1) is 37.9. The molecule has 79 heavy (non-hydrogen) atoms. The van der Waals surface area contributed by atoms with E-state index in [2.05, 4.69) is 32.1 Å². The van der Waals surface area contributed by atoms with Gasteiger partial charge in [0.25, 0.3) is 0 Å². The van der Waals surface area contributed by atoms with E-state index < -0.39 is 41.2 Å². The molecular formula is C59H69ClFN9O8S. The fourth-order valence-electron chi connectivity index (χ4n) is 10.9. The molecule has 0 spiro atoms. The number of aliphatic hydroxyl groups excluding tert-OH is 1. The Kier molecular flexibility index (Phi) is 17.8. The number of piperazine rings is 1. The van der Waals surface area contributed by atoms with E-state index >= 15 is 4.39 Å². The van der Waals surface area contributed by atoms with Gasteiger partial charge in [-0.3, -0.25) is 24.1 Å². The van der Waals surface area contributed by atoms with Crippen LogP contribution in [-0.4, -0.2) is 154 Å². The number of β-amino-alcohol motifs (C(OH)–C–C–N with tert-alkyl or cyclic N) is 1. The smallest absolute Gasteiger partial charge is 0.319 e. The second-order valence-electron chi connectivity index (χ2n) is 21.9. The number of aryl methyl sites for hydroxylation is 1. The van der Waals surface area contributed by atoms with Gasteiger partial charge in [-0.15, -0.1) is 11.3 Å². The van der Waals surface area contributed by atoms with Crippen LogP contribution in [0, 0.1) is 24.1 Å². The highest BCUT2D eigenvalue weighted by atomic mass is 35.5. The number of likely N-dealkylation sites (tertiary alicyclic amines) is 2. The summed E-state index contributed by atoms with van der Waals surface area (Å²) in [5, 5.41) is 29.2. The monoisotopic (exact) mass is 1120 g/mol. The third-order valence-corrected chi connectivity index (χ3v) is 16.6. The predicted molar refractivity (Wildman–Crippen MR) is 305 cm³/mol. The zero-order valence-electron chi connectivity index (χ0n) is 45.3. The van der Waals surface area contributed by atoms with Crippen molar-refractivity contribution in [2.75, 3.05) is 77.1 Å². The number of carbonyl (C=O) groups excluding carboxylic acids is 4. The molecule has 0 unspecified atom stereocenters. The van der Waals surface area contributed by atoms with Gasteiger partial charge in [-0.1, -0.05) is 87.5 Å². The van der Waals surface area contributed by atoms with E-state index in [-0.39, 0.29) is 71.9 Å². The minimum absolute atomic E-state index is 0.00232. The van der Waals surface area contributed by atoms with Crippen molar-refractivity contribution < 1.29 is 43.3 Å². The molecule has 4 atom stereocenters. The van der Waals surface area contributed by atoms with Crippen LogP contribution in [-0.2, 0) is 23.9 Å². The van der Waals surface area contributed by atoms with Crippen molar-refractivity contribution in [3.63, 3.8) is 0 Å². The number of benzene rings is 4. The van der Waals surface area contributed by atoms with Gasteiger partial charge in [0.15, 0.2) is 5.82 Å². The number of amides is 4. The topological polar surface area (TPSA) is 203 Å². The number of hydrogen-bond donors (Lipinski definition) is 4. The molecule has 0 aliphatic carbocycles. The van der Waals surface area contributed by atoms with Crippen molar-refractivity contribution in [2.45, 2.75) is 84.5 Å². The maximum Gasteiger partial charge on any atom is 0.319 e. The fourth-order valence-corrected chi connectivity index (χ4v) is 12.0. The molecular weight excluding hydrogens is 1050 g/mol. The zero-order chi connectivity index (χ0) is 56.1. The number of halogens is 2. The lowest BCUT2D eigenvalue weighted by Gasteiger charge is -2.35. The number of fused-ring (bicyclic) bond motifs is 2. The lowest BCUT2D eigenvalue weighted by molar-refractivity contribution is -0.144. The number of aromatic hydroxyl groups is 1. The maximum atomic E-state index is 17.1. The Labute approximate surface area is 468 Å². The van der Waals surface area contributed by atoms with E-state index in [1.54, 1.807) is 28.4 Å². The van der Waals surface area contributed by atoms with E-state index in [0.717, 1.165) is 59.4 Å². The number of aliphatic hydroxyl groups is 1. The first kappa shape index (κ1) is 56.9. The number of aromatic nitrogens is 3. The fraction of sp³-hybridized carbons (Fsp3) is 0.441. The Balaban J connectivity index is 0.759. The molecule has 4 aromatic carbocycles. The summed E-state index contributed by atoms with van der Waals surface area (Å²) >= 11 is 8.49. The van der Waals surface area contributed by atoms with Crippen molar-refractivity contribution >= 4 is 74.1 Å². The van der Waals surface area contributed by atoms with E-state index in [9.17, 15) is 29.4 Å². The van der Waals surface area contributed by atoms with Gasteiger partial charge in [0, 0.05) is 63.2 Å². The van der Waals surface area contributed by atoms with Gasteiger partial charge in [-0.05, 0) is 109 Å². The second-order valence-corrected chi connectivity index (χ2v) is 23.1. The Morgan fingerprint density at radius 3 is 2.39 bits per heavy atom. The largest absolute Gasteiger partial charge is 0.508 e. The predicted octanol–water partition coefficient (Wildman–Crippen LogP) is 8.08. The quantitative estimate of drug-likeness (QED) is 0.0476. The van der Waals surface area contributed by atoms with Crippen LogP contribution < -0.4 is 20.3 Å². The number of piperidine rings is 1. The van der Waals surface area contributed by atoms with E-state index in [0.29, 0.717) is 67.4 Å². The summed E-state index contributed by atoms with van der Waals surface area (Å²) in [5.74, 6) is -1.34. The van der Waals surface area contributed by atoms with Crippen LogP contribution >= 0.6 is 22.9 Å². The van der Waals surface area contributed by atoms with Gasteiger partial charge in [-0.25, -0.2) is 9.37 Å². The molecule has 9 rings (SSSR count). The molecule has 2 aromatic heterocycles. The molecule has 6 aromatic rings. The number of phenolic OH excluding ortho intramolecular Hbond substituents is 1. The van der Waals surface area contributed by atoms with Gasteiger partial charge in [0.2, 0.25) is 23.6 Å². The van der Waals surface area contributed by atoms with Crippen LogP contribution in [0.2, 0.25) is 5.02 Å². The average molecular weight is 1120 g/mol. The number of nitrogens with one attached hydrogen (secondary N) is 2. The number of thiazole rings is 1. The van der Waals surface area contributed by atoms with E-state index in [1.165, 1.54) is 17.0 Å². The molecule has 4 amide bonds. The lowest BCUT2D eigenvalue weighted by atomic mass is 9.85. The summed E-state index contributed by atoms with van der Waals surface area (Å²) in [4.78, 5) is 75.9. The highest BCUT2D eigenvalue weighted by molar-refractivity contribution is 7.13. The number of hydrogen-bond acceptors (Lipinski definition) is 14. The van der Waals surface area contributed by atoms with Crippen LogP contribution in [0.15, 0.2) is 84.9 Å². The summed E-state index contributed by atoms with van der Waals surface area (Å²) in [6.45, 7) is 17.2. The summed E-state index contributed by atoms with van der Waals surface area (Å²) < 4.78 is 29.2. The molecule has 0 bridgehead atoms. The molecule has 20 heteroatoms. The first-order valence-corrected chi connectivity index (χ1v) is 28.2. The highest BCUT2D eigenvalue weighted by Gasteiger charge is 2.45. The molecule has 17 nitrogen and oxygen atoms in total. The Hall–Kier alpha value is -6.77. The van der Waals surface area contributed by atoms with E-state index in [4.69, 9.17) is 26.1 Å². The molecule has 3 fully saturated rings. The van der Waals surface area contributed by atoms with Crippen molar-refractivity contribution in [3.05, 3.63) is 107 Å². The summed E-state index contributed by atoms with van der Waals surface area (Å²) in [7, 11) is 0. The number of ether oxygens (including phenoxy) is 2. The Morgan fingerprint density at radius 1 is 0.962 bits per heavy atom. The van der Waals surface area contributed by atoms with Crippen molar-refractivity contribution in [1.82, 2.24) is 40.3 Å². The van der Waals surface area contributed by atoms with Crippen LogP contribution in [0.25, 0.3) is 43.2 Å². The number of carbonyl (C=O) groups is 4. The van der Waals surface area contributed by atoms with Crippen molar-refractivity contribution in [1.29, 1.82) is 0 Å². The average Bonchev–Trinajstić information content (AvgIpc) is 4.24. The number of rotatable bonds is 18. The molecule has 418 valence electrons. The summed E-state index contributed by atoms with van der Waals surface area (Å²) in [5.41, 5.74) is 4.52. The second kappa shape index (κ2) is 24.7. The first-order valence-electron chi connectivity index (χ1n) is 27.0. The van der Waals surface area contributed by atoms with Gasteiger partial charge in [-0.2, -0.15) is 9.97 Å².